The van der Waals surface area contributed by atoms with Gasteiger partial charge in [-0.2, -0.15) is 0 Å². The van der Waals surface area contributed by atoms with Crippen molar-refractivity contribution in [1.29, 1.82) is 0 Å². The van der Waals surface area contributed by atoms with Crippen LogP contribution in [0.2, 0.25) is 5.02 Å². The van der Waals surface area contributed by atoms with Gasteiger partial charge in [0.05, 0.1) is 18.6 Å². The zero-order chi connectivity index (χ0) is 14.5. The number of thiophene rings is 1. The Morgan fingerprint density at radius 1 is 1.35 bits per heavy atom. The lowest BCUT2D eigenvalue weighted by Crippen LogP contribution is -2.02. The molecule has 0 aliphatic carbocycles. The Labute approximate surface area is 125 Å². The number of anilines is 1. The largest absolute Gasteiger partial charge is 0.469 e. The molecule has 1 aromatic carbocycles. The topological polar surface area (TPSA) is 38.3 Å². The van der Waals surface area contributed by atoms with Gasteiger partial charge in [0.25, 0.3) is 0 Å². The van der Waals surface area contributed by atoms with E-state index in [1.165, 1.54) is 30.6 Å². The molecule has 1 aromatic heterocycles. The highest BCUT2D eigenvalue weighted by Crippen LogP contribution is 2.21. The molecule has 6 heteroatoms. The highest BCUT2D eigenvalue weighted by molar-refractivity contribution is 7.12. The summed E-state index contributed by atoms with van der Waals surface area (Å²) in [5, 5.41) is 3.21. The van der Waals surface area contributed by atoms with E-state index in [9.17, 15) is 9.18 Å². The summed E-state index contributed by atoms with van der Waals surface area (Å²) in [6.45, 7) is 0.562. The maximum atomic E-state index is 13.3. The molecule has 0 aliphatic rings. The highest BCUT2D eigenvalue weighted by Gasteiger charge is 2.06. The molecule has 0 saturated heterocycles. The van der Waals surface area contributed by atoms with Crippen LogP contribution in [-0.2, 0) is 22.5 Å². The lowest BCUT2D eigenvalue weighted by atomic mass is 10.3. The summed E-state index contributed by atoms with van der Waals surface area (Å²) in [7, 11) is 1.37. The van der Waals surface area contributed by atoms with Gasteiger partial charge >= 0.3 is 5.97 Å². The molecule has 0 aliphatic heterocycles. The van der Waals surface area contributed by atoms with Gasteiger partial charge in [-0.1, -0.05) is 11.6 Å². The Morgan fingerprint density at radius 2 is 2.10 bits per heavy atom. The number of ether oxygens (including phenoxy) is 1. The molecule has 2 aromatic rings. The van der Waals surface area contributed by atoms with Gasteiger partial charge in [-0.05, 0) is 30.3 Å². The third-order valence-corrected chi connectivity index (χ3v) is 4.04. The number of methoxy groups -OCH3 is 1. The summed E-state index contributed by atoms with van der Waals surface area (Å²) in [6.07, 6.45) is 0.275. The normalized spacial score (nSPS) is 10.3. The van der Waals surface area contributed by atoms with E-state index in [1.807, 2.05) is 12.1 Å². The number of benzene rings is 1. The minimum absolute atomic E-state index is 0.104. The second-order valence-electron chi connectivity index (χ2n) is 4.10. The number of carbonyl (C=O) groups is 1. The quantitative estimate of drug-likeness (QED) is 0.852. The molecule has 0 fully saturated rings. The predicted molar refractivity (Wildman–Crippen MR) is 78.8 cm³/mol. The number of carbonyl (C=O) groups excluding carboxylic acids is 1. The Kier molecular flexibility index (Phi) is 4.98. The van der Waals surface area contributed by atoms with Crippen LogP contribution in [-0.4, -0.2) is 13.1 Å². The van der Waals surface area contributed by atoms with E-state index in [-0.39, 0.29) is 17.4 Å². The molecule has 0 spiro atoms. The molecule has 0 unspecified atom stereocenters. The third kappa shape index (κ3) is 3.95. The van der Waals surface area contributed by atoms with Crippen molar-refractivity contribution in [2.75, 3.05) is 12.4 Å². The number of halogens is 2. The molecule has 0 bridgehead atoms. The van der Waals surface area contributed by atoms with Crippen LogP contribution in [0.3, 0.4) is 0 Å². The molecule has 0 amide bonds. The van der Waals surface area contributed by atoms with Crippen molar-refractivity contribution in [3.63, 3.8) is 0 Å². The summed E-state index contributed by atoms with van der Waals surface area (Å²) in [5.74, 6) is -0.708. The fraction of sp³-hybridized carbons (Fsp3) is 0.214. The number of rotatable bonds is 5. The maximum absolute atomic E-state index is 13.3. The Balaban J connectivity index is 1.93. The van der Waals surface area contributed by atoms with Gasteiger partial charge < -0.3 is 10.1 Å². The van der Waals surface area contributed by atoms with Crippen molar-refractivity contribution in [1.82, 2.24) is 0 Å². The zero-order valence-corrected chi connectivity index (χ0v) is 12.4. The summed E-state index contributed by atoms with van der Waals surface area (Å²) in [5.41, 5.74) is 0.662. The summed E-state index contributed by atoms with van der Waals surface area (Å²) in [4.78, 5) is 13.1. The summed E-state index contributed by atoms with van der Waals surface area (Å²) < 4.78 is 17.9. The molecule has 1 N–H and O–H groups in total. The molecule has 106 valence electrons. The lowest BCUT2D eigenvalue weighted by Gasteiger charge is -2.05. The number of hydrogen-bond donors (Lipinski definition) is 1. The Morgan fingerprint density at radius 3 is 2.80 bits per heavy atom. The molecule has 20 heavy (non-hydrogen) atoms. The van der Waals surface area contributed by atoms with Crippen LogP contribution >= 0.6 is 22.9 Å². The molecule has 2 rings (SSSR count). The molecule has 3 nitrogen and oxygen atoms in total. The van der Waals surface area contributed by atoms with Crippen LogP contribution in [0.5, 0.6) is 0 Å². The van der Waals surface area contributed by atoms with Gasteiger partial charge in [0.1, 0.15) is 5.82 Å². The van der Waals surface area contributed by atoms with E-state index < -0.39 is 5.82 Å². The lowest BCUT2D eigenvalue weighted by molar-refractivity contribution is -0.139. The first-order valence-corrected chi connectivity index (χ1v) is 7.11. The molecule has 0 saturated carbocycles. The summed E-state index contributed by atoms with van der Waals surface area (Å²) in [6, 6.07) is 8.40. The van der Waals surface area contributed by atoms with Crippen molar-refractivity contribution in [3.8, 4) is 0 Å². The second-order valence-corrected chi connectivity index (χ2v) is 5.76. The van der Waals surface area contributed by atoms with Gasteiger partial charge in [-0.15, -0.1) is 11.3 Å². The zero-order valence-electron chi connectivity index (χ0n) is 10.8. The SMILES string of the molecule is COC(=O)Cc1ccc(CNc2ccc(Cl)c(F)c2)s1. The average Bonchev–Trinajstić information content (AvgIpc) is 2.87. The predicted octanol–water partition coefficient (Wildman–Crippen LogP) is 3.87. The smallest absolute Gasteiger partial charge is 0.310 e. The summed E-state index contributed by atoms with van der Waals surface area (Å²) >= 11 is 7.14. The van der Waals surface area contributed by atoms with E-state index in [2.05, 4.69) is 10.1 Å². The van der Waals surface area contributed by atoms with Crippen molar-refractivity contribution < 1.29 is 13.9 Å². The molecule has 1 heterocycles. The minimum Gasteiger partial charge on any atom is -0.469 e. The van der Waals surface area contributed by atoms with Crippen molar-refractivity contribution in [2.45, 2.75) is 13.0 Å². The number of nitrogens with one attached hydrogen (secondary N) is 1. The fourth-order valence-corrected chi connectivity index (χ4v) is 2.68. The molecular formula is C14H13ClFNO2S. The first-order valence-electron chi connectivity index (χ1n) is 5.92. The van der Waals surface area contributed by atoms with Crippen LogP contribution in [0.25, 0.3) is 0 Å². The van der Waals surface area contributed by atoms with Gasteiger partial charge in [-0.25, -0.2) is 4.39 Å². The van der Waals surface area contributed by atoms with Crippen LogP contribution in [0.15, 0.2) is 30.3 Å². The van der Waals surface area contributed by atoms with E-state index >= 15 is 0 Å². The minimum atomic E-state index is -0.450. The van der Waals surface area contributed by atoms with Crippen LogP contribution in [0.4, 0.5) is 10.1 Å². The Bertz CT molecular complexity index is 615. The first kappa shape index (κ1) is 14.8. The van der Waals surface area contributed by atoms with Crippen molar-refractivity contribution in [2.24, 2.45) is 0 Å². The van der Waals surface area contributed by atoms with Crippen LogP contribution in [0, 0.1) is 5.82 Å². The van der Waals surface area contributed by atoms with Crippen molar-refractivity contribution >= 4 is 34.6 Å². The first-order chi connectivity index (χ1) is 9.58. The number of esters is 1. The fourth-order valence-electron chi connectivity index (χ4n) is 1.62. The standard InChI is InChI=1S/C14H13ClFNO2S/c1-19-14(18)7-10-3-4-11(20-10)8-17-9-2-5-12(15)13(16)6-9/h2-6,17H,7-8H2,1H3. The van der Waals surface area contributed by atoms with Gasteiger partial charge in [0.15, 0.2) is 0 Å². The van der Waals surface area contributed by atoms with Crippen LogP contribution < -0.4 is 5.32 Å². The van der Waals surface area contributed by atoms with E-state index in [4.69, 9.17) is 11.6 Å². The van der Waals surface area contributed by atoms with E-state index in [1.54, 1.807) is 6.07 Å². The highest BCUT2D eigenvalue weighted by atomic mass is 35.5. The van der Waals surface area contributed by atoms with E-state index in [0.717, 1.165) is 9.75 Å². The Hall–Kier alpha value is -1.59. The van der Waals surface area contributed by atoms with Gasteiger partial charge in [-0.3, -0.25) is 4.79 Å². The third-order valence-electron chi connectivity index (χ3n) is 2.65. The van der Waals surface area contributed by atoms with Crippen LogP contribution in [0.1, 0.15) is 9.75 Å². The van der Waals surface area contributed by atoms with Gasteiger partial charge in [0, 0.05) is 22.0 Å². The average molecular weight is 314 g/mol. The van der Waals surface area contributed by atoms with Crippen molar-refractivity contribution in [3.05, 3.63) is 50.9 Å². The monoisotopic (exact) mass is 313 g/mol. The molecule has 0 atom stereocenters. The molecular weight excluding hydrogens is 301 g/mol. The molecule has 0 radical (unpaired) electrons. The van der Waals surface area contributed by atoms with Gasteiger partial charge in [0.2, 0.25) is 0 Å². The second kappa shape index (κ2) is 6.72. The maximum Gasteiger partial charge on any atom is 0.310 e. The number of hydrogen-bond acceptors (Lipinski definition) is 4. The van der Waals surface area contributed by atoms with E-state index in [0.29, 0.717) is 12.2 Å².